The van der Waals surface area contributed by atoms with Gasteiger partial charge in [-0.2, -0.15) is 12.6 Å². The van der Waals surface area contributed by atoms with Gasteiger partial charge in [0.05, 0.1) is 13.2 Å². The number of aliphatic hydroxyl groups excluding tert-OH is 2. The van der Waals surface area contributed by atoms with E-state index in [1.54, 1.807) is 5.38 Å². The molecule has 2 N–H and O–H groups in total. The van der Waals surface area contributed by atoms with Crippen LogP contribution in [0, 0.1) is 0 Å². The molecule has 90 valence electrons. The zero-order chi connectivity index (χ0) is 12.1. The first kappa shape index (κ1) is 13.5. The van der Waals surface area contributed by atoms with Crippen LogP contribution in [0.5, 0.6) is 0 Å². The maximum Gasteiger partial charge on any atom is 0.348 e. The quantitative estimate of drug-likeness (QED) is 0.552. The topological polar surface area (TPSA) is 66.8 Å². The molecule has 0 bridgehead atoms. The molecule has 1 rings (SSSR count). The van der Waals surface area contributed by atoms with Crippen molar-refractivity contribution in [2.24, 2.45) is 0 Å². The van der Waals surface area contributed by atoms with Crippen molar-refractivity contribution in [3.05, 3.63) is 21.9 Å². The van der Waals surface area contributed by atoms with E-state index in [1.807, 2.05) is 0 Å². The third kappa shape index (κ3) is 3.21. The van der Waals surface area contributed by atoms with E-state index in [4.69, 9.17) is 0 Å². The van der Waals surface area contributed by atoms with Gasteiger partial charge in [-0.15, -0.1) is 11.3 Å². The number of thiol groups is 1. The fourth-order valence-corrected chi connectivity index (χ4v) is 2.34. The molecule has 0 saturated heterocycles. The minimum Gasteiger partial charge on any atom is -0.465 e. The Morgan fingerprint density at radius 2 is 2.31 bits per heavy atom. The molecule has 0 amide bonds. The molecule has 6 heteroatoms. The number of ether oxygens (including phenoxy) is 1. The maximum absolute atomic E-state index is 11.2. The van der Waals surface area contributed by atoms with E-state index in [9.17, 15) is 15.0 Å². The van der Waals surface area contributed by atoms with Gasteiger partial charge in [0, 0.05) is 0 Å². The Balaban J connectivity index is 2.73. The molecule has 16 heavy (non-hydrogen) atoms. The molecule has 0 saturated carbocycles. The molecular weight excluding hydrogens is 248 g/mol. The van der Waals surface area contributed by atoms with Gasteiger partial charge < -0.3 is 14.9 Å². The highest BCUT2D eigenvalue weighted by atomic mass is 32.1. The molecule has 0 aromatic carbocycles. The summed E-state index contributed by atoms with van der Waals surface area (Å²) < 4.78 is 4.55. The molecule has 1 aromatic heterocycles. The average molecular weight is 262 g/mol. The minimum absolute atomic E-state index is 0.397. The first-order chi connectivity index (χ1) is 7.60. The van der Waals surface area contributed by atoms with Gasteiger partial charge in [-0.25, -0.2) is 4.79 Å². The molecule has 0 aliphatic heterocycles. The number of esters is 1. The van der Waals surface area contributed by atoms with Crippen molar-refractivity contribution in [3.63, 3.8) is 0 Å². The lowest BCUT2D eigenvalue weighted by atomic mass is 10.1. The zero-order valence-electron chi connectivity index (χ0n) is 8.79. The van der Waals surface area contributed by atoms with Crippen LogP contribution in [0.3, 0.4) is 0 Å². The van der Waals surface area contributed by atoms with Gasteiger partial charge in [0.25, 0.3) is 0 Å². The van der Waals surface area contributed by atoms with Crippen LogP contribution in [-0.4, -0.2) is 35.1 Å². The Kier molecular flexibility index (Phi) is 5.27. The van der Waals surface area contributed by atoms with E-state index in [-0.39, 0.29) is 0 Å². The summed E-state index contributed by atoms with van der Waals surface area (Å²) in [6, 6.07) is 1.53. The molecular formula is C10H14O4S2. The van der Waals surface area contributed by atoms with Gasteiger partial charge in [-0.1, -0.05) is 0 Å². The van der Waals surface area contributed by atoms with Crippen molar-refractivity contribution in [2.45, 2.75) is 18.6 Å². The number of carbonyl (C=O) groups is 1. The van der Waals surface area contributed by atoms with E-state index in [0.29, 0.717) is 22.6 Å². The first-order valence-electron chi connectivity index (χ1n) is 4.74. The van der Waals surface area contributed by atoms with Crippen molar-refractivity contribution in [2.75, 3.05) is 12.9 Å². The standard InChI is InChI=1S/C10H14O4S2/c1-14-10(13)8-4-6(5-16-8)9(12)7(11)2-3-15/h4-5,7,9,11-12,15H,2-3H2,1H3. The summed E-state index contributed by atoms with van der Waals surface area (Å²) in [4.78, 5) is 11.6. The van der Waals surface area contributed by atoms with Gasteiger partial charge >= 0.3 is 5.97 Å². The number of hydrogen-bond acceptors (Lipinski definition) is 6. The van der Waals surface area contributed by atoms with Crippen LogP contribution in [0.15, 0.2) is 11.4 Å². The number of carbonyl (C=O) groups excluding carboxylic acids is 1. The normalized spacial score (nSPS) is 14.5. The second-order valence-corrected chi connectivity index (χ2v) is 4.62. The maximum atomic E-state index is 11.2. The molecule has 1 aromatic rings. The number of thiophene rings is 1. The molecule has 4 nitrogen and oxygen atoms in total. The lowest BCUT2D eigenvalue weighted by molar-refractivity contribution is 0.0174. The van der Waals surface area contributed by atoms with Crippen molar-refractivity contribution < 1.29 is 19.7 Å². The highest BCUT2D eigenvalue weighted by Gasteiger charge is 2.20. The fourth-order valence-electron chi connectivity index (χ4n) is 1.23. The summed E-state index contributed by atoms with van der Waals surface area (Å²) in [6.45, 7) is 0. The Labute approximate surface area is 103 Å². The SMILES string of the molecule is COC(=O)c1cc(C(O)C(O)CCS)cs1. The third-order valence-electron chi connectivity index (χ3n) is 2.14. The molecule has 2 atom stereocenters. The van der Waals surface area contributed by atoms with Crippen molar-refractivity contribution in [3.8, 4) is 0 Å². The van der Waals surface area contributed by atoms with Crippen molar-refractivity contribution >= 4 is 29.9 Å². The Morgan fingerprint density at radius 1 is 1.62 bits per heavy atom. The van der Waals surface area contributed by atoms with E-state index in [1.165, 1.54) is 24.5 Å². The van der Waals surface area contributed by atoms with Crippen LogP contribution in [0.4, 0.5) is 0 Å². The molecule has 0 aliphatic rings. The van der Waals surface area contributed by atoms with Crippen LogP contribution < -0.4 is 0 Å². The summed E-state index contributed by atoms with van der Waals surface area (Å²) in [5.74, 6) is 0.0544. The number of rotatable bonds is 5. The lowest BCUT2D eigenvalue weighted by Crippen LogP contribution is -2.18. The van der Waals surface area contributed by atoms with Gasteiger partial charge in [0.2, 0.25) is 0 Å². The minimum atomic E-state index is -0.984. The van der Waals surface area contributed by atoms with Crippen molar-refractivity contribution in [1.29, 1.82) is 0 Å². The van der Waals surface area contributed by atoms with Gasteiger partial charge in [0.1, 0.15) is 11.0 Å². The van der Waals surface area contributed by atoms with Gasteiger partial charge in [0.15, 0.2) is 0 Å². The van der Waals surface area contributed by atoms with E-state index in [0.717, 1.165) is 0 Å². The van der Waals surface area contributed by atoms with Crippen LogP contribution in [0.25, 0.3) is 0 Å². The molecule has 0 radical (unpaired) electrons. The largest absolute Gasteiger partial charge is 0.465 e. The van der Waals surface area contributed by atoms with Gasteiger partial charge in [-0.05, 0) is 29.2 Å². The van der Waals surface area contributed by atoms with E-state index in [2.05, 4.69) is 17.4 Å². The predicted octanol–water partition coefficient (Wildman–Crippen LogP) is 1.25. The Morgan fingerprint density at radius 3 is 2.88 bits per heavy atom. The zero-order valence-corrected chi connectivity index (χ0v) is 10.5. The molecule has 2 unspecified atom stereocenters. The fraction of sp³-hybridized carbons (Fsp3) is 0.500. The van der Waals surface area contributed by atoms with Crippen LogP contribution in [0.1, 0.15) is 27.8 Å². The summed E-state index contributed by atoms with van der Waals surface area (Å²) in [5, 5.41) is 21.0. The van der Waals surface area contributed by atoms with E-state index < -0.39 is 18.2 Å². The summed E-state index contributed by atoms with van der Waals surface area (Å²) >= 11 is 5.16. The van der Waals surface area contributed by atoms with E-state index >= 15 is 0 Å². The summed E-state index contributed by atoms with van der Waals surface area (Å²) in [6.07, 6.45) is -1.45. The van der Waals surface area contributed by atoms with Crippen LogP contribution in [0.2, 0.25) is 0 Å². The average Bonchev–Trinajstić information content (AvgIpc) is 2.76. The molecule has 0 fully saturated rings. The molecule has 1 heterocycles. The third-order valence-corrected chi connectivity index (χ3v) is 3.32. The first-order valence-corrected chi connectivity index (χ1v) is 6.25. The predicted molar refractivity (Wildman–Crippen MR) is 65.1 cm³/mol. The van der Waals surface area contributed by atoms with Gasteiger partial charge in [-0.3, -0.25) is 0 Å². The smallest absolute Gasteiger partial charge is 0.348 e. The number of hydrogen-bond donors (Lipinski definition) is 3. The summed E-state index contributed by atoms with van der Waals surface area (Å²) in [5.41, 5.74) is 0.527. The molecule has 0 spiro atoms. The number of aliphatic hydroxyl groups is 2. The highest BCUT2D eigenvalue weighted by Crippen LogP contribution is 2.25. The number of methoxy groups -OCH3 is 1. The lowest BCUT2D eigenvalue weighted by Gasteiger charge is -2.15. The Hall–Kier alpha value is -0.560. The summed E-state index contributed by atoms with van der Waals surface area (Å²) in [7, 11) is 1.30. The van der Waals surface area contributed by atoms with Crippen LogP contribution in [-0.2, 0) is 4.74 Å². The highest BCUT2D eigenvalue weighted by molar-refractivity contribution is 7.80. The Bertz CT molecular complexity index is 350. The monoisotopic (exact) mass is 262 g/mol. The second kappa shape index (κ2) is 6.24. The second-order valence-electron chi connectivity index (χ2n) is 3.26. The van der Waals surface area contributed by atoms with Crippen LogP contribution >= 0.6 is 24.0 Å². The molecule has 0 aliphatic carbocycles. The van der Waals surface area contributed by atoms with Crippen molar-refractivity contribution in [1.82, 2.24) is 0 Å².